The fourth-order valence-electron chi connectivity index (χ4n) is 1.92. The van der Waals surface area contributed by atoms with E-state index in [2.05, 4.69) is 32.0 Å². The van der Waals surface area contributed by atoms with Crippen LogP contribution in [0.4, 0.5) is 0 Å². The molecule has 3 heterocycles. The number of nitrogens with one attached hydrogen (secondary N) is 2. The lowest BCUT2D eigenvalue weighted by molar-refractivity contribution is 0.777. The molecule has 0 unspecified atom stereocenters. The molecule has 0 aliphatic rings. The molecule has 0 bridgehead atoms. The second-order valence-corrected chi connectivity index (χ2v) is 4.00. The van der Waals surface area contributed by atoms with Crippen LogP contribution in [0.2, 0.25) is 0 Å². The van der Waals surface area contributed by atoms with Gasteiger partial charge in [-0.1, -0.05) is 13.3 Å². The Morgan fingerprint density at radius 1 is 1.33 bits per heavy atom. The highest BCUT2D eigenvalue weighted by Crippen LogP contribution is 2.12. The number of nitrogens with zero attached hydrogens (tertiary/aromatic N) is 4. The van der Waals surface area contributed by atoms with E-state index >= 15 is 0 Å². The maximum Gasteiger partial charge on any atom is 0.272 e. The Hall–Kier alpha value is -2.44. The molecule has 0 amide bonds. The summed E-state index contributed by atoms with van der Waals surface area (Å²) < 4.78 is 1.41. The molecular weight excluding hydrogens is 232 g/mol. The van der Waals surface area contributed by atoms with Gasteiger partial charge in [-0.15, -0.1) is 0 Å². The molecule has 0 radical (unpaired) electrons. The van der Waals surface area contributed by atoms with Crippen LogP contribution in [-0.2, 0) is 6.42 Å². The Bertz CT molecular complexity index is 737. The van der Waals surface area contributed by atoms with Gasteiger partial charge in [0.1, 0.15) is 11.8 Å². The first-order chi connectivity index (χ1) is 8.79. The van der Waals surface area contributed by atoms with E-state index in [1.54, 1.807) is 6.07 Å². The maximum atomic E-state index is 11.9. The van der Waals surface area contributed by atoms with E-state index in [1.165, 1.54) is 17.3 Å². The SMILES string of the molecule is CCCc1cc(=O)n(-c2ncnc3nc[nH]c23)[nH]1. The second kappa shape index (κ2) is 4.10. The lowest BCUT2D eigenvalue weighted by Crippen LogP contribution is -2.15. The highest BCUT2D eigenvalue weighted by Gasteiger charge is 2.11. The molecular formula is C11H12N6O. The van der Waals surface area contributed by atoms with Gasteiger partial charge in [0.15, 0.2) is 11.5 Å². The summed E-state index contributed by atoms with van der Waals surface area (Å²) in [7, 11) is 0. The predicted molar refractivity (Wildman–Crippen MR) is 65.6 cm³/mol. The topological polar surface area (TPSA) is 92.2 Å². The van der Waals surface area contributed by atoms with Gasteiger partial charge in [-0.3, -0.25) is 9.89 Å². The van der Waals surface area contributed by atoms with Crippen molar-refractivity contribution in [2.24, 2.45) is 0 Å². The quantitative estimate of drug-likeness (QED) is 0.712. The van der Waals surface area contributed by atoms with Crippen molar-refractivity contribution < 1.29 is 0 Å². The number of imidazole rings is 1. The molecule has 3 rings (SSSR count). The summed E-state index contributed by atoms with van der Waals surface area (Å²) >= 11 is 0. The molecule has 0 fully saturated rings. The first-order valence-electron chi connectivity index (χ1n) is 5.75. The van der Waals surface area contributed by atoms with Crippen molar-refractivity contribution in [1.29, 1.82) is 0 Å². The second-order valence-electron chi connectivity index (χ2n) is 4.00. The van der Waals surface area contributed by atoms with Crippen LogP contribution in [0.15, 0.2) is 23.5 Å². The molecule has 0 spiro atoms. The maximum absolute atomic E-state index is 11.9. The van der Waals surface area contributed by atoms with E-state index in [9.17, 15) is 4.79 Å². The van der Waals surface area contributed by atoms with E-state index in [4.69, 9.17) is 0 Å². The molecule has 3 aromatic rings. The minimum absolute atomic E-state index is 0.131. The lowest BCUT2D eigenvalue weighted by atomic mass is 10.3. The molecule has 7 nitrogen and oxygen atoms in total. The minimum Gasteiger partial charge on any atom is -0.340 e. The Balaban J connectivity index is 2.20. The average molecular weight is 244 g/mol. The zero-order chi connectivity index (χ0) is 12.5. The predicted octanol–water partition coefficient (Wildman–Crippen LogP) is 0.784. The van der Waals surface area contributed by atoms with Crippen LogP contribution in [0.1, 0.15) is 19.0 Å². The fourth-order valence-corrected chi connectivity index (χ4v) is 1.92. The number of hydrogen-bond acceptors (Lipinski definition) is 4. The zero-order valence-corrected chi connectivity index (χ0v) is 9.84. The van der Waals surface area contributed by atoms with Gasteiger partial charge >= 0.3 is 0 Å². The highest BCUT2D eigenvalue weighted by molar-refractivity contribution is 5.77. The number of aromatic amines is 2. The van der Waals surface area contributed by atoms with Crippen LogP contribution in [0.3, 0.4) is 0 Å². The van der Waals surface area contributed by atoms with Gasteiger partial charge in [-0.2, -0.15) is 4.68 Å². The molecule has 3 aromatic heterocycles. The van der Waals surface area contributed by atoms with E-state index in [-0.39, 0.29) is 5.56 Å². The van der Waals surface area contributed by atoms with Crippen molar-refractivity contribution in [2.75, 3.05) is 0 Å². The van der Waals surface area contributed by atoms with Crippen molar-refractivity contribution in [3.8, 4) is 5.82 Å². The van der Waals surface area contributed by atoms with Crippen molar-refractivity contribution in [1.82, 2.24) is 29.7 Å². The summed E-state index contributed by atoms with van der Waals surface area (Å²) in [5, 5.41) is 3.05. The summed E-state index contributed by atoms with van der Waals surface area (Å²) in [6.07, 6.45) is 4.73. The van der Waals surface area contributed by atoms with E-state index in [0.29, 0.717) is 17.0 Å². The number of H-pyrrole nitrogens is 2. The van der Waals surface area contributed by atoms with Gasteiger partial charge < -0.3 is 4.98 Å². The minimum atomic E-state index is -0.131. The normalized spacial score (nSPS) is 11.2. The van der Waals surface area contributed by atoms with E-state index in [1.807, 2.05) is 0 Å². The Morgan fingerprint density at radius 3 is 3.06 bits per heavy atom. The lowest BCUT2D eigenvalue weighted by Gasteiger charge is -2.01. The highest BCUT2D eigenvalue weighted by atomic mass is 16.1. The van der Waals surface area contributed by atoms with Gasteiger partial charge in [-0.05, 0) is 6.42 Å². The molecule has 2 N–H and O–H groups in total. The monoisotopic (exact) mass is 244 g/mol. The number of aryl methyl sites for hydroxylation is 1. The Morgan fingerprint density at radius 2 is 2.22 bits per heavy atom. The van der Waals surface area contributed by atoms with Crippen LogP contribution in [-0.4, -0.2) is 29.7 Å². The van der Waals surface area contributed by atoms with Crippen molar-refractivity contribution >= 4 is 11.2 Å². The fraction of sp³-hybridized carbons (Fsp3) is 0.273. The number of fused-ring (bicyclic) bond motifs is 1. The van der Waals surface area contributed by atoms with Crippen molar-refractivity contribution in [3.63, 3.8) is 0 Å². The molecule has 18 heavy (non-hydrogen) atoms. The van der Waals surface area contributed by atoms with Gasteiger partial charge in [0.2, 0.25) is 0 Å². The summed E-state index contributed by atoms with van der Waals surface area (Å²) in [5.74, 6) is 0.491. The molecule has 0 aromatic carbocycles. The number of hydrogen-bond donors (Lipinski definition) is 2. The number of aromatic nitrogens is 6. The first-order valence-corrected chi connectivity index (χ1v) is 5.75. The van der Waals surface area contributed by atoms with Crippen LogP contribution in [0.25, 0.3) is 17.0 Å². The molecule has 92 valence electrons. The van der Waals surface area contributed by atoms with Crippen LogP contribution in [0, 0.1) is 0 Å². The van der Waals surface area contributed by atoms with E-state index < -0.39 is 0 Å². The standard InChI is InChI=1S/C11H12N6O/c1-2-3-7-4-8(18)17(16-7)11-9-10(13-5-12-9)14-6-15-11/h4-6,16H,2-3H2,1H3,(H,12,13,14,15). The molecule has 0 atom stereocenters. The van der Waals surface area contributed by atoms with Crippen molar-refractivity contribution in [3.05, 3.63) is 34.8 Å². The third-order valence-corrected chi connectivity index (χ3v) is 2.71. The Kier molecular flexibility index (Phi) is 2.44. The van der Waals surface area contributed by atoms with Crippen LogP contribution < -0.4 is 5.56 Å². The summed E-state index contributed by atoms with van der Waals surface area (Å²) in [6, 6.07) is 1.59. The van der Waals surface area contributed by atoms with Crippen LogP contribution >= 0.6 is 0 Å². The zero-order valence-electron chi connectivity index (χ0n) is 9.84. The Labute approximate surface area is 102 Å². The van der Waals surface area contributed by atoms with Crippen LogP contribution in [0.5, 0.6) is 0 Å². The molecule has 0 aliphatic heterocycles. The largest absolute Gasteiger partial charge is 0.340 e. The van der Waals surface area contributed by atoms with E-state index in [0.717, 1.165) is 18.5 Å². The van der Waals surface area contributed by atoms with Gasteiger partial charge in [0, 0.05) is 11.8 Å². The van der Waals surface area contributed by atoms with Gasteiger partial charge in [-0.25, -0.2) is 15.0 Å². The molecule has 7 heteroatoms. The molecule has 0 saturated heterocycles. The third kappa shape index (κ3) is 1.60. The van der Waals surface area contributed by atoms with Gasteiger partial charge in [0.05, 0.1) is 6.33 Å². The summed E-state index contributed by atoms with van der Waals surface area (Å²) in [5.41, 5.74) is 1.95. The average Bonchev–Trinajstić information content (AvgIpc) is 2.95. The third-order valence-electron chi connectivity index (χ3n) is 2.71. The van der Waals surface area contributed by atoms with Gasteiger partial charge in [0.25, 0.3) is 5.56 Å². The van der Waals surface area contributed by atoms with Crippen molar-refractivity contribution in [2.45, 2.75) is 19.8 Å². The smallest absolute Gasteiger partial charge is 0.272 e. The first kappa shape index (κ1) is 10.7. The summed E-state index contributed by atoms with van der Waals surface area (Å²) in [6.45, 7) is 2.06. The molecule has 0 saturated carbocycles. The number of rotatable bonds is 3. The summed E-state index contributed by atoms with van der Waals surface area (Å²) in [4.78, 5) is 27.0. The molecule has 0 aliphatic carbocycles.